The van der Waals surface area contributed by atoms with Crippen LogP contribution in [0.5, 0.6) is 0 Å². The number of allylic oxidation sites excluding steroid dienone is 1. The lowest BCUT2D eigenvalue weighted by Gasteiger charge is -2.29. The number of piperidine rings is 1. The zero-order valence-corrected chi connectivity index (χ0v) is 7.59. The lowest BCUT2D eigenvalue weighted by atomic mass is 9.90. The van der Waals surface area contributed by atoms with Crippen molar-refractivity contribution >= 4 is 6.21 Å². The van der Waals surface area contributed by atoms with Gasteiger partial charge in [-0.1, -0.05) is 0 Å². The van der Waals surface area contributed by atoms with Crippen molar-refractivity contribution in [2.24, 2.45) is 11.7 Å². The Morgan fingerprint density at radius 2 is 2.08 bits per heavy atom. The van der Waals surface area contributed by atoms with Crippen molar-refractivity contribution in [2.45, 2.75) is 12.8 Å². The van der Waals surface area contributed by atoms with Gasteiger partial charge >= 0.3 is 0 Å². The Morgan fingerprint density at radius 1 is 1.50 bits per heavy atom. The summed E-state index contributed by atoms with van der Waals surface area (Å²) in [5, 5.41) is 7.16. The molecule has 1 aliphatic rings. The normalized spacial score (nSPS) is 22.6. The second-order valence-corrected chi connectivity index (χ2v) is 3.39. The highest BCUT2D eigenvalue weighted by Crippen LogP contribution is 2.21. The highest BCUT2D eigenvalue weighted by atomic mass is 15.1. The molecule has 3 heteroatoms. The summed E-state index contributed by atoms with van der Waals surface area (Å²) in [6.07, 6.45) is 5.22. The Morgan fingerprint density at radius 3 is 2.50 bits per heavy atom. The van der Waals surface area contributed by atoms with Gasteiger partial charge in [-0.3, -0.25) is 0 Å². The summed E-state index contributed by atoms with van der Waals surface area (Å²) in [5.74, 6) is 0.517. The Kier molecular flexibility index (Phi) is 3.29. The van der Waals surface area contributed by atoms with Crippen molar-refractivity contribution in [3.63, 3.8) is 0 Å². The van der Waals surface area contributed by atoms with Crippen LogP contribution in [0.1, 0.15) is 12.8 Å². The molecule has 1 heterocycles. The van der Waals surface area contributed by atoms with Gasteiger partial charge < -0.3 is 16.0 Å². The summed E-state index contributed by atoms with van der Waals surface area (Å²) in [6, 6.07) is 0. The molecule has 3 N–H and O–H groups in total. The molecule has 0 aromatic rings. The molecule has 0 aromatic heterocycles. The van der Waals surface area contributed by atoms with E-state index in [1.807, 2.05) is 0 Å². The predicted octanol–water partition coefficient (Wildman–Crippen LogP) is 0.820. The van der Waals surface area contributed by atoms with Gasteiger partial charge in [-0.25, -0.2) is 0 Å². The Labute approximate surface area is 73.7 Å². The zero-order valence-electron chi connectivity index (χ0n) is 7.59. The number of nitrogens with two attached hydrogens (primary N) is 1. The average Bonchev–Trinajstić information content (AvgIpc) is 2.10. The molecule has 0 saturated carbocycles. The number of hydrogen-bond acceptors (Lipinski definition) is 3. The van der Waals surface area contributed by atoms with Crippen LogP contribution in [0.2, 0.25) is 0 Å². The van der Waals surface area contributed by atoms with Crippen molar-refractivity contribution < 1.29 is 0 Å². The van der Waals surface area contributed by atoms with Crippen molar-refractivity contribution in [3.05, 3.63) is 11.8 Å². The molecule has 3 nitrogen and oxygen atoms in total. The van der Waals surface area contributed by atoms with Gasteiger partial charge in [0, 0.05) is 6.21 Å². The third-order valence-corrected chi connectivity index (χ3v) is 2.55. The van der Waals surface area contributed by atoms with Gasteiger partial charge in [0.05, 0.1) is 0 Å². The molecular weight excluding hydrogens is 150 g/mol. The molecule has 1 fully saturated rings. The minimum Gasteiger partial charge on any atom is -0.404 e. The molecule has 1 saturated heterocycles. The van der Waals surface area contributed by atoms with E-state index in [0.717, 1.165) is 31.5 Å². The Hall–Kier alpha value is -0.830. The van der Waals surface area contributed by atoms with E-state index in [4.69, 9.17) is 11.1 Å². The van der Waals surface area contributed by atoms with E-state index in [0.29, 0.717) is 5.92 Å². The minimum atomic E-state index is 0.517. The molecule has 68 valence electrons. The van der Waals surface area contributed by atoms with Gasteiger partial charge in [0.15, 0.2) is 0 Å². The van der Waals surface area contributed by atoms with E-state index in [2.05, 4.69) is 11.9 Å². The van der Waals surface area contributed by atoms with Crippen LogP contribution >= 0.6 is 0 Å². The number of nitrogens with zero attached hydrogens (tertiary/aromatic N) is 1. The lowest BCUT2D eigenvalue weighted by molar-refractivity contribution is 0.241. The summed E-state index contributed by atoms with van der Waals surface area (Å²) >= 11 is 0. The van der Waals surface area contributed by atoms with Gasteiger partial charge in [-0.15, -0.1) is 0 Å². The fourth-order valence-corrected chi connectivity index (χ4v) is 1.64. The zero-order chi connectivity index (χ0) is 8.97. The molecule has 0 spiro atoms. The molecule has 1 aliphatic heterocycles. The van der Waals surface area contributed by atoms with Crippen LogP contribution in [-0.4, -0.2) is 31.3 Å². The van der Waals surface area contributed by atoms with E-state index in [-0.39, 0.29) is 0 Å². The molecular formula is C9H17N3. The molecule has 0 radical (unpaired) electrons. The predicted molar refractivity (Wildman–Crippen MR) is 51.3 cm³/mol. The second kappa shape index (κ2) is 4.26. The first-order chi connectivity index (χ1) is 5.77. The first kappa shape index (κ1) is 9.26. The lowest BCUT2D eigenvalue weighted by Crippen LogP contribution is -2.31. The number of rotatable bonds is 2. The van der Waals surface area contributed by atoms with E-state index in [9.17, 15) is 0 Å². The van der Waals surface area contributed by atoms with Crippen LogP contribution in [0.15, 0.2) is 11.8 Å². The Bertz CT molecular complexity index is 178. The maximum atomic E-state index is 7.16. The van der Waals surface area contributed by atoms with Gasteiger partial charge in [-0.2, -0.15) is 0 Å². The minimum absolute atomic E-state index is 0.517. The number of hydrogen-bond donors (Lipinski definition) is 2. The monoisotopic (exact) mass is 167 g/mol. The fraction of sp³-hybridized carbons (Fsp3) is 0.667. The van der Waals surface area contributed by atoms with Gasteiger partial charge in [0.25, 0.3) is 0 Å². The molecule has 0 aromatic carbocycles. The van der Waals surface area contributed by atoms with Crippen molar-refractivity contribution in [2.75, 3.05) is 20.1 Å². The molecule has 0 atom stereocenters. The van der Waals surface area contributed by atoms with Crippen molar-refractivity contribution in [1.82, 2.24) is 4.90 Å². The first-order valence-electron chi connectivity index (χ1n) is 4.38. The summed E-state index contributed by atoms with van der Waals surface area (Å²) in [4.78, 5) is 2.31. The molecule has 0 amide bonds. The van der Waals surface area contributed by atoms with E-state index in [1.54, 1.807) is 6.20 Å². The second-order valence-electron chi connectivity index (χ2n) is 3.39. The van der Waals surface area contributed by atoms with Crippen LogP contribution in [0.3, 0.4) is 0 Å². The fourth-order valence-electron chi connectivity index (χ4n) is 1.64. The molecule has 1 rings (SSSR count). The number of likely N-dealkylation sites (tertiary alicyclic amines) is 1. The highest BCUT2D eigenvalue weighted by Gasteiger charge is 2.18. The van der Waals surface area contributed by atoms with Gasteiger partial charge in [0.2, 0.25) is 0 Å². The molecule has 12 heavy (non-hydrogen) atoms. The quantitative estimate of drug-likeness (QED) is 0.598. The first-order valence-corrected chi connectivity index (χ1v) is 4.38. The van der Waals surface area contributed by atoms with Crippen LogP contribution in [0, 0.1) is 11.3 Å². The van der Waals surface area contributed by atoms with Crippen LogP contribution in [0.4, 0.5) is 0 Å². The van der Waals surface area contributed by atoms with Crippen molar-refractivity contribution in [1.29, 1.82) is 5.41 Å². The van der Waals surface area contributed by atoms with Crippen LogP contribution < -0.4 is 5.73 Å². The van der Waals surface area contributed by atoms with Crippen LogP contribution in [-0.2, 0) is 0 Å². The molecule has 0 aliphatic carbocycles. The largest absolute Gasteiger partial charge is 0.404 e. The van der Waals surface area contributed by atoms with E-state index in [1.165, 1.54) is 6.21 Å². The third kappa shape index (κ3) is 2.08. The Balaban J connectivity index is 2.48. The summed E-state index contributed by atoms with van der Waals surface area (Å²) in [6.45, 7) is 2.24. The summed E-state index contributed by atoms with van der Waals surface area (Å²) < 4.78 is 0. The standard InChI is InChI=1S/C9H17N3/c1-12-4-2-8(3-5-12)9(6-10)7-11/h6-8,10H,2-5,11H2,1H3/b9-7+,10-6?. The SMILES string of the molecule is CN1CCC(/C(C=N)=C/N)CC1. The maximum Gasteiger partial charge on any atom is 0.0227 e. The third-order valence-electron chi connectivity index (χ3n) is 2.55. The molecule has 0 unspecified atom stereocenters. The van der Waals surface area contributed by atoms with Gasteiger partial charge in [0.1, 0.15) is 0 Å². The summed E-state index contributed by atoms with van der Waals surface area (Å²) in [7, 11) is 2.13. The van der Waals surface area contributed by atoms with Crippen LogP contribution in [0.25, 0.3) is 0 Å². The summed E-state index contributed by atoms with van der Waals surface area (Å²) in [5.41, 5.74) is 6.41. The average molecular weight is 167 g/mol. The van der Waals surface area contributed by atoms with E-state index >= 15 is 0 Å². The highest BCUT2D eigenvalue weighted by molar-refractivity contribution is 5.76. The van der Waals surface area contributed by atoms with E-state index < -0.39 is 0 Å². The van der Waals surface area contributed by atoms with Crippen molar-refractivity contribution in [3.8, 4) is 0 Å². The molecule has 0 bridgehead atoms. The van der Waals surface area contributed by atoms with Gasteiger partial charge in [-0.05, 0) is 50.7 Å². The maximum absolute atomic E-state index is 7.16. The topological polar surface area (TPSA) is 53.1 Å². The smallest absolute Gasteiger partial charge is 0.0227 e. The number of nitrogens with one attached hydrogen (secondary N) is 1.